The third-order valence-corrected chi connectivity index (χ3v) is 3.41. The van der Waals surface area contributed by atoms with Crippen LogP contribution in [0.5, 0.6) is 11.5 Å². The topological polar surface area (TPSA) is 24.8 Å². The number of benzene rings is 2. The summed E-state index contributed by atoms with van der Waals surface area (Å²) in [5, 5.41) is 0. The van der Waals surface area contributed by atoms with Gasteiger partial charge in [-0.3, -0.25) is 9.89 Å². The van der Waals surface area contributed by atoms with Gasteiger partial charge in [-0.2, -0.15) is 0 Å². The molecule has 3 heteroatoms. The first kappa shape index (κ1) is 10.6. The first-order valence-corrected chi connectivity index (χ1v) is 6.60. The zero-order valence-corrected chi connectivity index (χ0v) is 10.5. The molecule has 0 aromatic heterocycles. The van der Waals surface area contributed by atoms with E-state index in [9.17, 15) is 0 Å². The monoisotopic (exact) mass is 250 g/mol. The van der Waals surface area contributed by atoms with Crippen molar-refractivity contribution in [1.29, 1.82) is 0 Å². The first-order valence-electron chi connectivity index (χ1n) is 6.60. The van der Waals surface area contributed by atoms with Gasteiger partial charge in [0, 0.05) is 0 Å². The van der Waals surface area contributed by atoms with Gasteiger partial charge in [-0.25, -0.2) is 0 Å². The summed E-state index contributed by atoms with van der Waals surface area (Å²) in [6.45, 7) is 0. The Hall–Kier alpha value is -2.29. The molecule has 1 heterocycles. The Morgan fingerprint density at radius 1 is 0.947 bits per heavy atom. The Kier molecular flexibility index (Phi) is 2.30. The van der Waals surface area contributed by atoms with Gasteiger partial charge in [0.15, 0.2) is 11.5 Å². The number of ether oxygens (including phenoxy) is 1. The molecule has 0 saturated heterocycles. The summed E-state index contributed by atoms with van der Waals surface area (Å²) in [6, 6.07) is 16.6. The van der Waals surface area contributed by atoms with E-state index in [4.69, 9.17) is 4.74 Å². The van der Waals surface area contributed by atoms with E-state index in [1.165, 1.54) is 12.8 Å². The summed E-state index contributed by atoms with van der Waals surface area (Å²) in [4.78, 5) is 6.72. The minimum absolute atomic E-state index is 0.516. The first-order chi connectivity index (χ1) is 9.42. The van der Waals surface area contributed by atoms with Crippen molar-refractivity contribution in [3.05, 3.63) is 48.5 Å². The fraction of sp³-hybridized carbons (Fsp3) is 0.188. The van der Waals surface area contributed by atoms with E-state index < -0.39 is 0 Å². The Bertz CT molecular complexity index is 601. The van der Waals surface area contributed by atoms with E-state index >= 15 is 0 Å². The van der Waals surface area contributed by atoms with Crippen LogP contribution >= 0.6 is 0 Å². The minimum atomic E-state index is 0.516. The molecule has 0 unspecified atom stereocenters. The lowest BCUT2D eigenvalue weighted by Gasteiger charge is -2.29. The van der Waals surface area contributed by atoms with E-state index in [1.807, 2.05) is 42.7 Å². The summed E-state index contributed by atoms with van der Waals surface area (Å²) < 4.78 is 5.93. The van der Waals surface area contributed by atoms with Crippen LogP contribution in [0, 0.1) is 0 Å². The largest absolute Gasteiger partial charge is 0.453 e. The molecule has 4 rings (SSSR count). The molecule has 19 heavy (non-hydrogen) atoms. The van der Waals surface area contributed by atoms with E-state index in [1.54, 1.807) is 0 Å². The van der Waals surface area contributed by atoms with E-state index in [2.05, 4.69) is 22.0 Å². The third kappa shape index (κ3) is 1.87. The fourth-order valence-electron chi connectivity index (χ4n) is 2.24. The SMILES string of the molecule is C(=NC1CC1)N1c2ccccc2Oc2ccccc21. The number of rotatable bonds is 2. The minimum Gasteiger partial charge on any atom is -0.453 e. The van der Waals surface area contributed by atoms with Gasteiger partial charge in [-0.15, -0.1) is 0 Å². The van der Waals surface area contributed by atoms with E-state index in [0.29, 0.717) is 6.04 Å². The Morgan fingerprint density at radius 2 is 1.53 bits per heavy atom. The standard InChI is InChI=1S/C16H14N2O/c1-3-7-15-13(5-1)18(11-17-12-9-10-12)14-6-2-4-8-16(14)19-15/h1-8,11-12H,9-10H2. The smallest absolute Gasteiger partial charge is 0.151 e. The number of hydrogen-bond donors (Lipinski definition) is 0. The average Bonchev–Trinajstić information content (AvgIpc) is 3.27. The highest BCUT2D eigenvalue weighted by Gasteiger charge is 2.24. The molecule has 3 nitrogen and oxygen atoms in total. The molecular weight excluding hydrogens is 236 g/mol. The molecule has 2 aromatic rings. The van der Waals surface area contributed by atoms with Gasteiger partial charge in [0.05, 0.1) is 23.8 Å². The highest BCUT2D eigenvalue weighted by molar-refractivity contribution is 5.95. The van der Waals surface area contributed by atoms with Crippen LogP contribution in [-0.4, -0.2) is 12.4 Å². The van der Waals surface area contributed by atoms with Gasteiger partial charge in [0.25, 0.3) is 0 Å². The number of hydrogen-bond acceptors (Lipinski definition) is 2. The summed E-state index contributed by atoms with van der Waals surface area (Å²) in [5.41, 5.74) is 2.09. The van der Waals surface area contributed by atoms with Gasteiger partial charge in [-0.05, 0) is 37.1 Å². The zero-order chi connectivity index (χ0) is 12.7. The molecule has 0 N–H and O–H groups in total. The molecule has 94 valence electrons. The maximum Gasteiger partial charge on any atom is 0.151 e. The van der Waals surface area contributed by atoms with Crippen molar-refractivity contribution >= 4 is 17.7 Å². The Balaban J connectivity index is 1.82. The fourth-order valence-corrected chi connectivity index (χ4v) is 2.24. The summed E-state index contributed by atoms with van der Waals surface area (Å²) in [6.07, 6.45) is 4.37. The second-order valence-corrected chi connectivity index (χ2v) is 4.90. The third-order valence-electron chi connectivity index (χ3n) is 3.41. The Labute approximate surface area is 112 Å². The second-order valence-electron chi connectivity index (χ2n) is 4.90. The maximum atomic E-state index is 5.93. The quantitative estimate of drug-likeness (QED) is 0.591. The second kappa shape index (κ2) is 4.12. The van der Waals surface area contributed by atoms with Crippen LogP contribution in [0.25, 0.3) is 0 Å². The lowest BCUT2D eigenvalue weighted by atomic mass is 10.2. The molecular formula is C16H14N2O. The van der Waals surface area contributed by atoms with Crippen molar-refractivity contribution in [2.24, 2.45) is 4.99 Å². The number of nitrogens with zero attached hydrogens (tertiary/aromatic N) is 2. The van der Waals surface area contributed by atoms with Crippen molar-refractivity contribution in [2.45, 2.75) is 18.9 Å². The van der Waals surface area contributed by atoms with Crippen LogP contribution in [-0.2, 0) is 0 Å². The lowest BCUT2D eigenvalue weighted by Crippen LogP contribution is -2.19. The van der Waals surface area contributed by atoms with Crippen LogP contribution in [0.15, 0.2) is 53.5 Å². The highest BCUT2D eigenvalue weighted by atomic mass is 16.5. The van der Waals surface area contributed by atoms with Crippen LogP contribution in [0.3, 0.4) is 0 Å². The number of para-hydroxylation sites is 4. The molecule has 1 aliphatic carbocycles. The predicted octanol–water partition coefficient (Wildman–Crippen LogP) is 4.12. The van der Waals surface area contributed by atoms with Gasteiger partial charge < -0.3 is 4.74 Å². The van der Waals surface area contributed by atoms with E-state index in [-0.39, 0.29) is 0 Å². The average molecular weight is 250 g/mol. The molecule has 0 radical (unpaired) electrons. The predicted molar refractivity (Wildman–Crippen MR) is 76.6 cm³/mol. The number of fused-ring (bicyclic) bond motifs is 2. The molecule has 0 atom stereocenters. The summed E-state index contributed by atoms with van der Waals surface area (Å²) in [5.74, 6) is 1.76. The molecule has 0 bridgehead atoms. The lowest BCUT2D eigenvalue weighted by molar-refractivity contribution is 0.478. The van der Waals surface area contributed by atoms with Crippen molar-refractivity contribution in [1.82, 2.24) is 0 Å². The van der Waals surface area contributed by atoms with Gasteiger partial charge in [0.2, 0.25) is 0 Å². The molecule has 2 aromatic carbocycles. The van der Waals surface area contributed by atoms with Gasteiger partial charge in [-0.1, -0.05) is 24.3 Å². The van der Waals surface area contributed by atoms with Crippen molar-refractivity contribution < 1.29 is 4.74 Å². The van der Waals surface area contributed by atoms with Crippen LogP contribution in [0.1, 0.15) is 12.8 Å². The van der Waals surface area contributed by atoms with E-state index in [0.717, 1.165) is 22.9 Å². The highest BCUT2D eigenvalue weighted by Crippen LogP contribution is 2.45. The van der Waals surface area contributed by atoms with Crippen molar-refractivity contribution in [3.8, 4) is 11.5 Å². The van der Waals surface area contributed by atoms with Crippen molar-refractivity contribution in [3.63, 3.8) is 0 Å². The molecule has 2 aliphatic rings. The van der Waals surface area contributed by atoms with Gasteiger partial charge >= 0.3 is 0 Å². The zero-order valence-electron chi connectivity index (χ0n) is 10.5. The summed E-state index contributed by atoms with van der Waals surface area (Å²) in [7, 11) is 0. The molecule has 1 fully saturated rings. The number of anilines is 2. The normalized spacial score (nSPS) is 16.9. The van der Waals surface area contributed by atoms with Crippen LogP contribution < -0.4 is 9.64 Å². The Morgan fingerprint density at radius 3 is 2.11 bits per heavy atom. The van der Waals surface area contributed by atoms with Crippen LogP contribution in [0.4, 0.5) is 11.4 Å². The molecule has 0 spiro atoms. The van der Waals surface area contributed by atoms with Crippen LogP contribution in [0.2, 0.25) is 0 Å². The molecule has 1 saturated carbocycles. The maximum absolute atomic E-state index is 5.93. The van der Waals surface area contributed by atoms with Crippen molar-refractivity contribution in [2.75, 3.05) is 4.90 Å². The molecule has 0 amide bonds. The summed E-state index contributed by atoms with van der Waals surface area (Å²) >= 11 is 0. The number of aliphatic imine (C=N–C) groups is 1. The molecule has 1 aliphatic heterocycles. The van der Waals surface area contributed by atoms with Gasteiger partial charge in [0.1, 0.15) is 0 Å².